The minimum atomic E-state index is -0.812. The molecule has 1 aliphatic carbocycles. The van der Waals surface area contributed by atoms with Gasteiger partial charge in [-0.1, -0.05) is 6.92 Å². The Balaban J connectivity index is 2.05. The number of carbonyl (C=O) groups excluding carboxylic acids is 1. The monoisotopic (exact) mass is 214 g/mol. The van der Waals surface area contributed by atoms with Crippen LogP contribution in [0.5, 0.6) is 0 Å². The third-order valence-electron chi connectivity index (χ3n) is 2.59. The number of carboxylic acid groups (broad SMARTS) is 1. The number of ether oxygens (including phenoxy) is 1. The summed E-state index contributed by atoms with van der Waals surface area (Å²) in [6, 6.07) is 0. The summed E-state index contributed by atoms with van der Waals surface area (Å²) in [5, 5.41) is 8.43. The molecule has 0 spiro atoms. The molecule has 0 aromatic heterocycles. The van der Waals surface area contributed by atoms with Crippen LogP contribution < -0.4 is 0 Å². The fraction of sp³-hybridized carbons (Fsp3) is 0.818. The van der Waals surface area contributed by atoms with Crippen LogP contribution in [0.15, 0.2) is 0 Å². The average Bonchev–Trinajstić information content (AvgIpc) is 2.96. The van der Waals surface area contributed by atoms with Gasteiger partial charge in [-0.3, -0.25) is 9.59 Å². The largest absolute Gasteiger partial charge is 0.481 e. The van der Waals surface area contributed by atoms with Gasteiger partial charge in [0.25, 0.3) is 0 Å². The van der Waals surface area contributed by atoms with Gasteiger partial charge >= 0.3 is 11.9 Å². The van der Waals surface area contributed by atoms with Crippen LogP contribution in [0.25, 0.3) is 0 Å². The highest BCUT2D eigenvalue weighted by Gasteiger charge is 2.24. The number of carbonyl (C=O) groups is 2. The second-order valence-corrected chi connectivity index (χ2v) is 4.26. The Morgan fingerprint density at radius 3 is 2.67 bits per heavy atom. The first-order valence-electron chi connectivity index (χ1n) is 5.48. The topological polar surface area (TPSA) is 63.6 Å². The summed E-state index contributed by atoms with van der Waals surface area (Å²) >= 11 is 0. The van der Waals surface area contributed by atoms with Crippen LogP contribution >= 0.6 is 0 Å². The Hall–Kier alpha value is -1.06. The van der Waals surface area contributed by atoms with Crippen LogP contribution in [0.2, 0.25) is 0 Å². The van der Waals surface area contributed by atoms with Gasteiger partial charge in [0.2, 0.25) is 0 Å². The second-order valence-electron chi connectivity index (χ2n) is 4.26. The Kier molecular flexibility index (Phi) is 4.59. The summed E-state index contributed by atoms with van der Waals surface area (Å²) in [5.74, 6) is -0.593. The fourth-order valence-electron chi connectivity index (χ4n) is 1.30. The molecule has 0 aliphatic heterocycles. The molecule has 1 saturated carbocycles. The fourth-order valence-corrected chi connectivity index (χ4v) is 1.30. The predicted molar refractivity (Wildman–Crippen MR) is 54.3 cm³/mol. The summed E-state index contributed by atoms with van der Waals surface area (Å²) in [4.78, 5) is 21.6. The lowest BCUT2D eigenvalue weighted by molar-refractivity contribution is -0.149. The highest BCUT2D eigenvalue weighted by atomic mass is 16.5. The van der Waals surface area contributed by atoms with Crippen LogP contribution in [0, 0.1) is 11.8 Å². The van der Waals surface area contributed by atoms with Gasteiger partial charge in [-0.05, 0) is 31.6 Å². The Morgan fingerprint density at radius 2 is 2.13 bits per heavy atom. The van der Waals surface area contributed by atoms with Crippen molar-refractivity contribution < 1.29 is 19.4 Å². The number of rotatable bonds is 7. The van der Waals surface area contributed by atoms with Crippen LogP contribution in [0.3, 0.4) is 0 Å². The van der Waals surface area contributed by atoms with E-state index in [1.807, 2.05) is 0 Å². The van der Waals surface area contributed by atoms with Gasteiger partial charge < -0.3 is 9.84 Å². The molecule has 0 saturated heterocycles. The van der Waals surface area contributed by atoms with E-state index in [1.54, 1.807) is 6.92 Å². The number of esters is 1. The van der Waals surface area contributed by atoms with E-state index in [1.165, 1.54) is 12.8 Å². The van der Waals surface area contributed by atoms with E-state index in [2.05, 4.69) is 0 Å². The van der Waals surface area contributed by atoms with E-state index in [-0.39, 0.29) is 18.3 Å². The zero-order valence-corrected chi connectivity index (χ0v) is 9.07. The van der Waals surface area contributed by atoms with Crippen LogP contribution in [0.4, 0.5) is 0 Å². The Morgan fingerprint density at radius 1 is 1.47 bits per heavy atom. The van der Waals surface area contributed by atoms with Crippen molar-refractivity contribution >= 4 is 11.9 Å². The van der Waals surface area contributed by atoms with Gasteiger partial charge in [0.15, 0.2) is 0 Å². The van der Waals surface area contributed by atoms with Gasteiger partial charge in [0.1, 0.15) is 0 Å². The summed E-state index contributed by atoms with van der Waals surface area (Å²) in [6.07, 6.45) is 3.59. The third kappa shape index (κ3) is 5.40. The van der Waals surface area contributed by atoms with E-state index in [0.717, 1.165) is 0 Å². The lowest BCUT2D eigenvalue weighted by atomic mass is 10.0. The third-order valence-corrected chi connectivity index (χ3v) is 2.59. The SMILES string of the molecule is CC(CCCC(=O)O)C(=O)OCC1CC1. The average molecular weight is 214 g/mol. The molecule has 1 aliphatic rings. The minimum absolute atomic E-state index is 0.125. The lowest BCUT2D eigenvalue weighted by Crippen LogP contribution is -2.16. The highest BCUT2D eigenvalue weighted by molar-refractivity contribution is 5.72. The summed E-state index contributed by atoms with van der Waals surface area (Å²) < 4.78 is 5.10. The predicted octanol–water partition coefficient (Wildman–Crippen LogP) is 1.83. The lowest BCUT2D eigenvalue weighted by Gasteiger charge is -2.10. The van der Waals surface area contributed by atoms with Crippen molar-refractivity contribution in [1.29, 1.82) is 0 Å². The molecule has 86 valence electrons. The molecule has 0 bridgehead atoms. The van der Waals surface area contributed by atoms with Gasteiger partial charge in [-0.2, -0.15) is 0 Å². The first-order chi connectivity index (χ1) is 7.09. The van der Waals surface area contributed by atoms with Crippen molar-refractivity contribution in [2.24, 2.45) is 11.8 Å². The maximum Gasteiger partial charge on any atom is 0.308 e. The molecule has 15 heavy (non-hydrogen) atoms. The molecule has 1 fully saturated rings. The van der Waals surface area contributed by atoms with E-state index in [4.69, 9.17) is 9.84 Å². The van der Waals surface area contributed by atoms with Crippen LogP contribution in [0.1, 0.15) is 39.0 Å². The quantitative estimate of drug-likeness (QED) is 0.657. The molecule has 1 unspecified atom stereocenters. The van der Waals surface area contributed by atoms with E-state index < -0.39 is 5.97 Å². The molecule has 0 radical (unpaired) electrons. The second kappa shape index (κ2) is 5.73. The molecular weight excluding hydrogens is 196 g/mol. The van der Waals surface area contributed by atoms with Crippen molar-refractivity contribution in [2.75, 3.05) is 6.61 Å². The van der Waals surface area contributed by atoms with Crippen molar-refractivity contribution in [3.05, 3.63) is 0 Å². The molecule has 1 N–H and O–H groups in total. The zero-order valence-electron chi connectivity index (χ0n) is 9.07. The molecule has 1 atom stereocenters. The Bertz CT molecular complexity index is 233. The van der Waals surface area contributed by atoms with Crippen molar-refractivity contribution in [3.8, 4) is 0 Å². The maximum absolute atomic E-state index is 11.4. The molecule has 0 aromatic rings. The van der Waals surface area contributed by atoms with Gasteiger partial charge in [-0.15, -0.1) is 0 Å². The number of aliphatic carboxylic acids is 1. The number of hydrogen-bond donors (Lipinski definition) is 1. The molecule has 0 heterocycles. The molecule has 4 nitrogen and oxygen atoms in total. The van der Waals surface area contributed by atoms with Gasteiger partial charge in [0.05, 0.1) is 12.5 Å². The van der Waals surface area contributed by atoms with Crippen molar-refractivity contribution in [2.45, 2.75) is 39.0 Å². The van der Waals surface area contributed by atoms with E-state index in [0.29, 0.717) is 25.4 Å². The normalized spacial score (nSPS) is 17.1. The van der Waals surface area contributed by atoms with Crippen molar-refractivity contribution in [3.63, 3.8) is 0 Å². The Labute approximate surface area is 89.6 Å². The highest BCUT2D eigenvalue weighted by Crippen LogP contribution is 2.29. The standard InChI is InChI=1S/C11H18O4/c1-8(3-2-4-10(12)13)11(14)15-7-9-5-6-9/h8-9H,2-7H2,1H3,(H,12,13). The number of hydrogen-bond acceptors (Lipinski definition) is 3. The molecular formula is C11H18O4. The maximum atomic E-state index is 11.4. The molecule has 0 aromatic carbocycles. The first kappa shape index (κ1) is 12.0. The van der Waals surface area contributed by atoms with E-state index >= 15 is 0 Å². The summed E-state index contributed by atoms with van der Waals surface area (Å²) in [6.45, 7) is 2.33. The van der Waals surface area contributed by atoms with E-state index in [9.17, 15) is 9.59 Å². The molecule has 4 heteroatoms. The zero-order chi connectivity index (χ0) is 11.3. The number of carboxylic acids is 1. The summed E-state index contributed by atoms with van der Waals surface area (Å²) in [5.41, 5.74) is 0. The van der Waals surface area contributed by atoms with Gasteiger partial charge in [-0.25, -0.2) is 0 Å². The van der Waals surface area contributed by atoms with Crippen molar-refractivity contribution in [1.82, 2.24) is 0 Å². The molecule has 1 rings (SSSR count). The summed E-state index contributed by atoms with van der Waals surface area (Å²) in [7, 11) is 0. The first-order valence-corrected chi connectivity index (χ1v) is 5.48. The van der Waals surface area contributed by atoms with Crippen LogP contribution in [-0.2, 0) is 14.3 Å². The van der Waals surface area contributed by atoms with Gasteiger partial charge in [0, 0.05) is 6.42 Å². The smallest absolute Gasteiger partial charge is 0.308 e. The van der Waals surface area contributed by atoms with Crippen LogP contribution in [-0.4, -0.2) is 23.7 Å². The molecule has 0 amide bonds. The minimum Gasteiger partial charge on any atom is -0.481 e.